The van der Waals surface area contributed by atoms with E-state index in [1.54, 1.807) is 0 Å². The molecule has 0 fully saturated rings. The smallest absolute Gasteiger partial charge is 0.223 e. The van der Waals surface area contributed by atoms with Gasteiger partial charge in [-0.3, -0.25) is 0 Å². The molecule has 3 aromatic carbocycles. The second-order valence-corrected chi connectivity index (χ2v) is 10.1. The molecule has 0 aliphatic carbocycles. The highest BCUT2D eigenvalue weighted by molar-refractivity contribution is 7.90. The Morgan fingerprint density at radius 1 is 0.688 bits per heavy atom. The molecule has 0 bridgehead atoms. The molecule has 0 N–H and O–H groups in total. The third-order valence-electron chi connectivity index (χ3n) is 5.43. The quantitative estimate of drug-likeness (QED) is 0.351. The topological polar surface area (TPSA) is 59.9 Å². The molecular weight excluding hydrogens is 416 g/mol. The fourth-order valence-electron chi connectivity index (χ4n) is 3.99. The number of nitrogens with zero attached hydrogens (tertiary/aromatic N) is 2. The SMILES string of the molecule is CC(C)c1nc(S(C)(=O)=O)nc(-c2ccccc2)c1C(c1ccccc1)c1ccccc1. The predicted octanol–water partition coefficient (Wildman–Crippen LogP) is 5.85. The van der Waals surface area contributed by atoms with Gasteiger partial charge in [0.1, 0.15) is 0 Å². The van der Waals surface area contributed by atoms with E-state index in [-0.39, 0.29) is 17.0 Å². The zero-order valence-electron chi connectivity index (χ0n) is 18.4. The first kappa shape index (κ1) is 21.9. The van der Waals surface area contributed by atoms with E-state index in [1.807, 2.05) is 80.6 Å². The molecular formula is C27H26N2O2S. The van der Waals surface area contributed by atoms with Crippen molar-refractivity contribution >= 4 is 9.84 Å². The van der Waals surface area contributed by atoms with Gasteiger partial charge < -0.3 is 0 Å². The number of hydrogen-bond donors (Lipinski definition) is 0. The summed E-state index contributed by atoms with van der Waals surface area (Å²) in [5, 5.41) is -0.135. The van der Waals surface area contributed by atoms with Crippen molar-refractivity contribution in [2.75, 3.05) is 6.26 Å². The highest BCUT2D eigenvalue weighted by Gasteiger charge is 2.29. The summed E-state index contributed by atoms with van der Waals surface area (Å²) in [7, 11) is -3.58. The molecule has 0 aliphatic heterocycles. The maximum absolute atomic E-state index is 12.5. The monoisotopic (exact) mass is 442 g/mol. The summed E-state index contributed by atoms with van der Waals surface area (Å²) in [4.78, 5) is 9.23. The highest BCUT2D eigenvalue weighted by atomic mass is 32.2. The number of aromatic nitrogens is 2. The largest absolute Gasteiger partial charge is 0.247 e. The van der Waals surface area contributed by atoms with Gasteiger partial charge in [-0.2, -0.15) is 0 Å². The van der Waals surface area contributed by atoms with Gasteiger partial charge in [0, 0.05) is 23.3 Å². The van der Waals surface area contributed by atoms with Crippen molar-refractivity contribution in [1.29, 1.82) is 0 Å². The molecule has 0 spiro atoms. The summed E-state index contributed by atoms with van der Waals surface area (Å²) < 4.78 is 25.0. The van der Waals surface area contributed by atoms with E-state index >= 15 is 0 Å². The fraction of sp³-hybridized carbons (Fsp3) is 0.185. The van der Waals surface area contributed by atoms with Crippen LogP contribution in [0.1, 0.15) is 48.1 Å². The average molecular weight is 443 g/mol. The first-order valence-electron chi connectivity index (χ1n) is 10.6. The zero-order chi connectivity index (χ0) is 22.7. The van der Waals surface area contributed by atoms with Crippen LogP contribution in [0.4, 0.5) is 0 Å². The maximum Gasteiger partial charge on any atom is 0.247 e. The lowest BCUT2D eigenvalue weighted by molar-refractivity contribution is 0.590. The number of rotatable bonds is 6. The summed E-state index contributed by atoms with van der Waals surface area (Å²) >= 11 is 0. The van der Waals surface area contributed by atoms with Crippen LogP contribution in [-0.4, -0.2) is 24.6 Å². The standard InChI is InChI=1S/C27H26N2O2S/c1-19(2)25-24(23(20-13-7-4-8-14-20)21-15-9-5-10-16-21)26(22-17-11-6-12-18-22)29-27(28-25)32(3,30)31/h4-19,23H,1-3H3. The van der Waals surface area contributed by atoms with E-state index in [4.69, 9.17) is 0 Å². The molecule has 0 amide bonds. The first-order chi connectivity index (χ1) is 15.4. The third-order valence-corrected chi connectivity index (χ3v) is 6.28. The molecule has 5 heteroatoms. The molecule has 162 valence electrons. The van der Waals surface area contributed by atoms with Crippen molar-refractivity contribution < 1.29 is 8.42 Å². The third kappa shape index (κ3) is 4.48. The van der Waals surface area contributed by atoms with Crippen molar-refractivity contribution in [1.82, 2.24) is 9.97 Å². The van der Waals surface area contributed by atoms with Gasteiger partial charge in [-0.05, 0) is 17.0 Å². The predicted molar refractivity (Wildman–Crippen MR) is 128 cm³/mol. The lowest BCUT2D eigenvalue weighted by Crippen LogP contribution is -2.16. The Balaban J connectivity index is 2.13. The van der Waals surface area contributed by atoms with E-state index in [9.17, 15) is 8.42 Å². The summed E-state index contributed by atoms with van der Waals surface area (Å²) in [6.07, 6.45) is 1.16. The molecule has 0 radical (unpaired) electrons. The number of hydrogen-bond acceptors (Lipinski definition) is 4. The van der Waals surface area contributed by atoms with Gasteiger partial charge in [-0.25, -0.2) is 18.4 Å². The molecule has 1 heterocycles. The van der Waals surface area contributed by atoms with Crippen LogP contribution in [0, 0.1) is 0 Å². The first-order valence-corrected chi connectivity index (χ1v) is 12.5. The van der Waals surface area contributed by atoms with E-state index in [0.29, 0.717) is 5.69 Å². The highest BCUT2D eigenvalue weighted by Crippen LogP contribution is 2.41. The van der Waals surface area contributed by atoms with Crippen LogP contribution in [-0.2, 0) is 9.84 Å². The second kappa shape index (κ2) is 9.05. The molecule has 0 aliphatic rings. The fourth-order valence-corrected chi connectivity index (χ4v) is 4.51. The summed E-state index contributed by atoms with van der Waals surface area (Å²) in [5.41, 5.74) is 5.42. The van der Waals surface area contributed by atoms with Crippen LogP contribution >= 0.6 is 0 Å². The summed E-state index contributed by atoms with van der Waals surface area (Å²) in [6, 6.07) is 30.2. The van der Waals surface area contributed by atoms with Gasteiger partial charge >= 0.3 is 0 Å². The van der Waals surface area contributed by atoms with Crippen LogP contribution in [0.25, 0.3) is 11.3 Å². The molecule has 0 saturated heterocycles. The zero-order valence-corrected chi connectivity index (χ0v) is 19.3. The van der Waals surface area contributed by atoms with Crippen molar-refractivity contribution in [2.45, 2.75) is 30.8 Å². The lowest BCUT2D eigenvalue weighted by atomic mass is 9.80. The van der Waals surface area contributed by atoms with Gasteiger partial charge in [0.2, 0.25) is 15.0 Å². The van der Waals surface area contributed by atoms with Crippen LogP contribution in [0.15, 0.2) is 96.2 Å². The van der Waals surface area contributed by atoms with Crippen molar-refractivity contribution in [3.05, 3.63) is 113 Å². The summed E-state index contributed by atoms with van der Waals surface area (Å²) in [6.45, 7) is 4.08. The molecule has 0 saturated carbocycles. The Morgan fingerprint density at radius 2 is 1.16 bits per heavy atom. The number of benzene rings is 3. The van der Waals surface area contributed by atoms with Gasteiger partial charge in [-0.1, -0.05) is 105 Å². The lowest BCUT2D eigenvalue weighted by Gasteiger charge is -2.26. The van der Waals surface area contributed by atoms with Gasteiger partial charge in [0.15, 0.2) is 0 Å². The Labute approximate surface area is 189 Å². The Bertz CT molecular complexity index is 1260. The van der Waals surface area contributed by atoms with Gasteiger partial charge in [0.05, 0.1) is 11.4 Å². The normalized spacial score (nSPS) is 11.8. The number of sulfone groups is 1. The maximum atomic E-state index is 12.5. The van der Waals surface area contributed by atoms with Gasteiger partial charge in [0.25, 0.3) is 0 Å². The minimum absolute atomic E-state index is 0.00545. The minimum Gasteiger partial charge on any atom is -0.223 e. The van der Waals surface area contributed by atoms with E-state index in [2.05, 4.69) is 34.2 Å². The van der Waals surface area contributed by atoms with Crippen LogP contribution in [0.2, 0.25) is 0 Å². The Kier molecular flexibility index (Phi) is 6.19. The van der Waals surface area contributed by atoms with E-state index in [0.717, 1.165) is 34.2 Å². The van der Waals surface area contributed by atoms with Crippen molar-refractivity contribution in [3.63, 3.8) is 0 Å². The molecule has 0 unspecified atom stereocenters. The molecule has 4 aromatic rings. The summed E-state index contributed by atoms with van der Waals surface area (Å²) in [5.74, 6) is -0.135. The minimum atomic E-state index is -3.58. The molecule has 1 aromatic heterocycles. The van der Waals surface area contributed by atoms with Gasteiger partial charge in [-0.15, -0.1) is 0 Å². The molecule has 4 nitrogen and oxygen atoms in total. The van der Waals surface area contributed by atoms with Crippen LogP contribution in [0.3, 0.4) is 0 Å². The molecule has 0 atom stereocenters. The van der Waals surface area contributed by atoms with Crippen molar-refractivity contribution in [2.24, 2.45) is 0 Å². The Hall–Kier alpha value is -3.31. The van der Waals surface area contributed by atoms with E-state index in [1.165, 1.54) is 0 Å². The Morgan fingerprint density at radius 3 is 1.59 bits per heavy atom. The van der Waals surface area contributed by atoms with Crippen LogP contribution < -0.4 is 0 Å². The molecule has 32 heavy (non-hydrogen) atoms. The average Bonchev–Trinajstić information content (AvgIpc) is 2.80. The second-order valence-electron chi connectivity index (χ2n) is 8.20. The molecule has 4 rings (SSSR count). The van der Waals surface area contributed by atoms with E-state index < -0.39 is 9.84 Å². The van der Waals surface area contributed by atoms with Crippen LogP contribution in [0.5, 0.6) is 0 Å². The van der Waals surface area contributed by atoms with Crippen molar-refractivity contribution in [3.8, 4) is 11.3 Å².